The highest BCUT2D eigenvalue weighted by Crippen LogP contribution is 2.28. The molecule has 58 nitrogen and oxygen atoms in total. The van der Waals surface area contributed by atoms with Gasteiger partial charge in [-0.2, -0.15) is 0 Å². The Morgan fingerprint density at radius 3 is 1.29 bits per heavy atom. The second kappa shape index (κ2) is 61.5. The molecule has 3 aliphatic heterocycles. The van der Waals surface area contributed by atoms with E-state index >= 15 is 0 Å². The summed E-state index contributed by atoms with van der Waals surface area (Å²) in [5.74, 6) is -29.1. The Labute approximate surface area is 854 Å². The third-order valence-corrected chi connectivity index (χ3v) is 24.2. The van der Waals surface area contributed by atoms with Crippen molar-refractivity contribution in [1.29, 1.82) is 5.41 Å². The number of rotatable bonds is 62. The van der Waals surface area contributed by atoms with Crippen LogP contribution in [-0.4, -0.2) is 395 Å². The van der Waals surface area contributed by atoms with Crippen molar-refractivity contribution in [3.8, 4) is 11.5 Å². The highest BCUT2D eigenvalue weighted by molar-refractivity contribution is 6.03. The lowest BCUT2D eigenvalue weighted by Crippen LogP contribution is -2.63. The minimum atomic E-state index is -2.24. The van der Waals surface area contributed by atoms with Gasteiger partial charge in [0.1, 0.15) is 121 Å². The van der Waals surface area contributed by atoms with Crippen LogP contribution in [0.4, 0.5) is 0 Å². The number of carbonyl (C=O) groups is 23. The van der Waals surface area contributed by atoms with E-state index in [-0.39, 0.29) is 114 Å². The largest absolute Gasteiger partial charge is 0.508 e. The first-order chi connectivity index (χ1) is 70.3. The number of phenolic OH excluding ortho intramolecular Hbond substituents is 2. The number of benzene rings is 2. The van der Waals surface area contributed by atoms with Crippen molar-refractivity contribution >= 4 is 142 Å². The van der Waals surface area contributed by atoms with Crippen molar-refractivity contribution in [2.75, 3.05) is 72.2 Å². The number of likely N-dealkylation sites (tertiary alicyclic amines) is 3. The van der Waals surface area contributed by atoms with Crippen LogP contribution in [0.3, 0.4) is 0 Å². The summed E-state index contributed by atoms with van der Waals surface area (Å²) < 4.78 is 0. The molecule has 19 atom stereocenters. The number of carboxylic acids is 3. The molecule has 826 valence electrons. The molecule has 58 heteroatoms. The molecule has 36 N–H and O–H groups in total. The second-order valence-corrected chi connectivity index (χ2v) is 36.5. The first kappa shape index (κ1) is 124. The van der Waals surface area contributed by atoms with E-state index in [4.69, 9.17) is 33.5 Å². The van der Waals surface area contributed by atoms with E-state index in [1.807, 2.05) is 5.32 Å². The number of hydrogen-bond acceptors (Lipinski definition) is 33. The standard InChI is InChI=1S/C91H139N25O33/c1-43(2)70(86(145)109-58(39-117)81(140)100-45(5)73(132)98-37-66(125)101-56(35-65(94)124)75(134)99-38-69(130)131)111-78(137)52(13-7-8-28-92)102-77(136)54(26-27-67(126)127)104-79(138)55(34-48-20-24-50(123)25-21-48)105-84(143)62-15-10-30-114(62)88(147)61(42-120)110-76(135)53(14-9-29-97-91(95)96)103-80(139)57(36-68(128)129)106-87(146)72(46(6)121)113-83(142)60(41-119)107-82(141)59(40-118)108-85(144)63-16-11-31-115(63)89(148)64-17-12-32-116(64)90(149)71(44(3)4)112-74(133)51(93)33-47-18-22-49(122)23-19-47/h18-25,43-46,51-64,70-72,117-123H,7-17,26-42,92-93H2,1-6H3,(H2,94,124)(H,98,132)(H,99,134)(H,100,140)(H,101,125)(H,102,136)(H,103,139)(H,104,138)(H,105,143)(H,106,146)(H,107,141)(H,108,144)(H,109,145)(H,110,135)(H,111,137)(H,112,133)(H,113,142)(H,126,127)(H,128,129)(H,130,131)(H4,95,96,97)/t45-,46+,51-,52-,53-,54-,55-,56-,57-,58-,59-,60-,61-,62-,63-,64-,70-,71-,72-/m0/s1. The number of guanidine groups is 1. The number of aromatic hydroxyl groups is 2. The van der Waals surface area contributed by atoms with Gasteiger partial charge in [-0.1, -0.05) is 52.0 Å². The number of nitrogens with one attached hydrogen (secondary N) is 18. The van der Waals surface area contributed by atoms with Gasteiger partial charge in [-0.15, -0.1) is 0 Å². The summed E-state index contributed by atoms with van der Waals surface area (Å²) in [6, 6.07) is -19.3. The SMILES string of the molecule is CC(C)[C@H](NC(=O)[C@H](CCCCN)NC(=O)[C@H](CCC(=O)O)NC(=O)[C@H](Cc1ccc(O)cc1)NC(=O)[C@@H]1CCCN1C(=O)[C@H](CO)NC(=O)[C@H](CCCNC(=N)N)NC(=O)[C@H](CC(=O)O)NC(=O)[C@@H](NC(=O)[C@H](CO)NC(=O)[C@H](CO)NC(=O)[C@@H]1CCCN1C(=O)[C@@H]1CCCN1C(=O)[C@@H](NC(=O)[C@@H](N)Cc1ccc(O)cc1)C(C)C)[C@@H](C)O)C(=O)N[C@@H](CO)C(=O)N[C@@H](C)C(=O)NCC(=O)N[C@@H](CC(N)=O)C(=O)NCC(=O)O. The van der Waals surface area contributed by atoms with E-state index in [1.165, 1.54) is 60.0 Å². The van der Waals surface area contributed by atoms with Crippen molar-refractivity contribution < 1.29 is 161 Å². The molecule has 0 aliphatic carbocycles. The Kier molecular flexibility index (Phi) is 51.3. The first-order valence-corrected chi connectivity index (χ1v) is 48.1. The van der Waals surface area contributed by atoms with Crippen molar-refractivity contribution in [2.45, 2.75) is 266 Å². The van der Waals surface area contributed by atoms with Gasteiger partial charge in [0.25, 0.3) is 0 Å². The maximum Gasteiger partial charge on any atom is 0.322 e. The molecular weight excluding hydrogens is 1970 g/mol. The monoisotopic (exact) mass is 2110 g/mol. The van der Waals surface area contributed by atoms with Gasteiger partial charge in [0.05, 0.1) is 58.0 Å². The summed E-state index contributed by atoms with van der Waals surface area (Å²) in [7, 11) is 0. The van der Waals surface area contributed by atoms with Crippen molar-refractivity contribution in [1.82, 2.24) is 105 Å². The molecule has 5 rings (SSSR count). The maximum absolute atomic E-state index is 14.8. The molecule has 0 spiro atoms. The molecule has 149 heavy (non-hydrogen) atoms. The van der Waals surface area contributed by atoms with Crippen molar-refractivity contribution in [3.05, 3.63) is 59.7 Å². The van der Waals surface area contributed by atoms with Crippen LogP contribution in [-0.2, 0) is 123 Å². The predicted octanol–water partition coefficient (Wildman–Crippen LogP) is -13.4. The minimum Gasteiger partial charge on any atom is -0.508 e. The number of nitrogens with zero attached hydrogens (tertiary/aromatic N) is 3. The summed E-state index contributed by atoms with van der Waals surface area (Å²) in [4.78, 5) is 316. The number of aliphatic hydroxyl groups is 5. The van der Waals surface area contributed by atoms with Crippen LogP contribution in [0.15, 0.2) is 48.5 Å². The average Bonchev–Trinajstić information content (AvgIpc) is 1.63. The van der Waals surface area contributed by atoms with E-state index < -0.39 is 347 Å². The zero-order valence-electron chi connectivity index (χ0n) is 83.1. The molecule has 0 aromatic heterocycles. The number of aliphatic carboxylic acids is 3. The van der Waals surface area contributed by atoms with Gasteiger partial charge in [0.15, 0.2) is 5.96 Å². The van der Waals surface area contributed by atoms with Crippen LogP contribution in [0.5, 0.6) is 11.5 Å². The Bertz CT molecular complexity index is 5060. The molecule has 3 heterocycles. The molecule has 3 fully saturated rings. The molecule has 0 radical (unpaired) electrons. The molecule has 0 bridgehead atoms. The van der Waals surface area contributed by atoms with Crippen LogP contribution in [0, 0.1) is 17.2 Å². The fourth-order valence-corrected chi connectivity index (χ4v) is 16.1. The van der Waals surface area contributed by atoms with Crippen LogP contribution < -0.4 is 113 Å². The van der Waals surface area contributed by atoms with Crippen LogP contribution >= 0.6 is 0 Å². The molecular formula is C91H139N25O33. The number of amides is 20. The fraction of sp³-hybridized carbons (Fsp3) is 0.604. The number of phenols is 2. The quantitative estimate of drug-likeness (QED) is 0.0166. The van der Waals surface area contributed by atoms with Gasteiger partial charge in [-0.3, -0.25) is 116 Å². The lowest BCUT2D eigenvalue weighted by atomic mass is 10.00. The predicted molar refractivity (Wildman–Crippen MR) is 517 cm³/mol. The third-order valence-electron chi connectivity index (χ3n) is 24.2. The molecule has 0 unspecified atom stereocenters. The molecule has 2 aromatic rings. The van der Waals surface area contributed by atoms with E-state index in [1.54, 1.807) is 26.0 Å². The van der Waals surface area contributed by atoms with Crippen LogP contribution in [0.25, 0.3) is 0 Å². The summed E-state index contributed by atoms with van der Waals surface area (Å²) in [6.07, 6.45) is -5.85. The lowest BCUT2D eigenvalue weighted by Gasteiger charge is -2.34. The topological polar surface area (TPSA) is 937 Å². The minimum absolute atomic E-state index is 0.00126. The summed E-state index contributed by atoms with van der Waals surface area (Å²) in [5.41, 5.74) is 23.5. The van der Waals surface area contributed by atoms with Gasteiger partial charge < -0.3 is 179 Å². The van der Waals surface area contributed by atoms with Crippen LogP contribution in [0.2, 0.25) is 0 Å². The zero-order chi connectivity index (χ0) is 111. The second-order valence-electron chi connectivity index (χ2n) is 36.5. The number of carboxylic acid groups (broad SMARTS) is 3. The molecule has 3 aliphatic rings. The fourth-order valence-electron chi connectivity index (χ4n) is 16.1. The number of nitrogens with two attached hydrogens (primary N) is 4. The Hall–Kier alpha value is -15.2. The Morgan fingerprint density at radius 2 is 0.785 bits per heavy atom. The van der Waals surface area contributed by atoms with Gasteiger partial charge >= 0.3 is 17.9 Å². The Morgan fingerprint density at radius 1 is 0.383 bits per heavy atom. The van der Waals surface area contributed by atoms with Gasteiger partial charge in [0.2, 0.25) is 118 Å². The molecule has 2 aromatic carbocycles. The number of carbonyl (C=O) groups excluding carboxylic acids is 20. The maximum atomic E-state index is 14.8. The third kappa shape index (κ3) is 40.2. The summed E-state index contributed by atoms with van der Waals surface area (Å²) >= 11 is 0. The van der Waals surface area contributed by atoms with Gasteiger partial charge in [-0.25, -0.2) is 0 Å². The Balaban J connectivity index is 1.28. The highest BCUT2D eigenvalue weighted by Gasteiger charge is 2.48. The summed E-state index contributed by atoms with van der Waals surface area (Å²) in [6.45, 7) is 1.47. The zero-order valence-corrected chi connectivity index (χ0v) is 83.1. The number of primary amides is 1. The van der Waals surface area contributed by atoms with Crippen molar-refractivity contribution in [2.24, 2.45) is 34.8 Å². The van der Waals surface area contributed by atoms with E-state index in [0.717, 1.165) is 18.7 Å². The molecule has 20 amide bonds. The van der Waals surface area contributed by atoms with Gasteiger partial charge in [0, 0.05) is 39.0 Å². The van der Waals surface area contributed by atoms with Crippen molar-refractivity contribution in [3.63, 3.8) is 0 Å². The lowest BCUT2D eigenvalue weighted by molar-refractivity contribution is -0.148. The first-order valence-electron chi connectivity index (χ1n) is 48.1. The highest BCUT2D eigenvalue weighted by atomic mass is 16.4. The smallest absolute Gasteiger partial charge is 0.322 e. The summed E-state index contributed by atoms with van der Waals surface area (Å²) in [5, 5.41) is 148. The van der Waals surface area contributed by atoms with E-state index in [0.29, 0.717) is 12.0 Å². The molecule has 0 saturated carbocycles. The van der Waals surface area contributed by atoms with E-state index in [9.17, 15) is 156 Å². The van der Waals surface area contributed by atoms with Gasteiger partial charge in [-0.05, 0) is 151 Å². The van der Waals surface area contributed by atoms with E-state index in [2.05, 4.69) is 85.1 Å². The average molecular weight is 2110 g/mol. The number of unbranched alkanes of at least 4 members (excludes halogenated alkanes) is 1. The van der Waals surface area contributed by atoms with Crippen LogP contribution in [0.1, 0.15) is 149 Å². The number of hydrogen-bond donors (Lipinski definition) is 32. The normalized spacial score (nSPS) is 17.4. The molecule has 3 saturated heterocycles. The number of aliphatic hydroxyl groups excluding tert-OH is 5.